The number of anilines is 1. The van der Waals surface area contributed by atoms with E-state index in [0.29, 0.717) is 16.3 Å². The summed E-state index contributed by atoms with van der Waals surface area (Å²) in [6, 6.07) is 9.87. The molecule has 0 saturated heterocycles. The van der Waals surface area contributed by atoms with Crippen LogP contribution in [-0.4, -0.2) is 15.9 Å². The van der Waals surface area contributed by atoms with Crippen LogP contribution in [0.25, 0.3) is 0 Å². The summed E-state index contributed by atoms with van der Waals surface area (Å²) in [5.74, 6) is 0.346. The Morgan fingerprint density at radius 2 is 2.00 bits per heavy atom. The smallest absolute Gasteiger partial charge is 0.301 e. The van der Waals surface area contributed by atoms with E-state index >= 15 is 0 Å². The third-order valence-corrected chi connectivity index (χ3v) is 4.59. The highest BCUT2D eigenvalue weighted by atomic mass is 32.2. The van der Waals surface area contributed by atoms with Crippen LogP contribution in [0.1, 0.15) is 27.2 Å². The molecule has 0 radical (unpaired) electrons. The second-order valence-electron chi connectivity index (χ2n) is 5.46. The fourth-order valence-electron chi connectivity index (χ4n) is 2.24. The zero-order valence-corrected chi connectivity index (χ0v) is 14.5. The SMILES string of the molecule is Cc1ccc(Sc2ncccc2C(=O)Nc2ncc(C)o2)c(C)c1. The number of carbonyl (C=O) groups excluding carboxylic acids is 1. The third kappa shape index (κ3) is 3.65. The number of benzene rings is 1. The van der Waals surface area contributed by atoms with Gasteiger partial charge in [0.2, 0.25) is 0 Å². The summed E-state index contributed by atoms with van der Waals surface area (Å²) in [6.07, 6.45) is 3.24. The average molecular weight is 339 g/mol. The number of pyridine rings is 1. The molecule has 5 nitrogen and oxygen atoms in total. The van der Waals surface area contributed by atoms with Gasteiger partial charge in [0.1, 0.15) is 10.8 Å². The normalized spacial score (nSPS) is 10.6. The summed E-state index contributed by atoms with van der Waals surface area (Å²) in [4.78, 5) is 21.9. The highest BCUT2D eigenvalue weighted by Gasteiger charge is 2.16. The number of hydrogen-bond acceptors (Lipinski definition) is 5. The molecule has 0 aliphatic carbocycles. The molecule has 1 N–H and O–H groups in total. The molecule has 3 aromatic rings. The van der Waals surface area contributed by atoms with E-state index in [2.05, 4.69) is 28.3 Å². The summed E-state index contributed by atoms with van der Waals surface area (Å²) >= 11 is 1.47. The van der Waals surface area contributed by atoms with Crippen LogP contribution in [0.2, 0.25) is 0 Å². The highest BCUT2D eigenvalue weighted by molar-refractivity contribution is 7.99. The minimum atomic E-state index is -0.294. The lowest BCUT2D eigenvalue weighted by Crippen LogP contribution is -2.13. The van der Waals surface area contributed by atoms with Crippen molar-refractivity contribution in [3.8, 4) is 0 Å². The Morgan fingerprint density at radius 1 is 1.17 bits per heavy atom. The second kappa shape index (κ2) is 6.88. The van der Waals surface area contributed by atoms with Crippen molar-refractivity contribution in [2.45, 2.75) is 30.7 Å². The van der Waals surface area contributed by atoms with E-state index in [9.17, 15) is 4.79 Å². The van der Waals surface area contributed by atoms with Crippen LogP contribution in [0.4, 0.5) is 6.01 Å². The van der Waals surface area contributed by atoms with E-state index < -0.39 is 0 Å². The van der Waals surface area contributed by atoms with Crippen molar-refractivity contribution < 1.29 is 9.21 Å². The van der Waals surface area contributed by atoms with Crippen LogP contribution in [-0.2, 0) is 0 Å². The van der Waals surface area contributed by atoms with Gasteiger partial charge in [-0.05, 0) is 44.5 Å². The molecule has 2 heterocycles. The van der Waals surface area contributed by atoms with Crippen LogP contribution in [0.5, 0.6) is 0 Å². The number of rotatable bonds is 4. The first-order valence-corrected chi connectivity index (χ1v) is 8.28. The fraction of sp³-hybridized carbons (Fsp3) is 0.167. The second-order valence-corrected chi connectivity index (χ2v) is 6.49. The lowest BCUT2D eigenvalue weighted by Gasteiger charge is -2.09. The van der Waals surface area contributed by atoms with Crippen molar-refractivity contribution in [1.29, 1.82) is 0 Å². The molecule has 0 saturated carbocycles. The quantitative estimate of drug-likeness (QED) is 0.763. The Balaban J connectivity index is 1.86. The van der Waals surface area contributed by atoms with E-state index in [-0.39, 0.29) is 11.9 Å². The molecule has 3 rings (SSSR count). The van der Waals surface area contributed by atoms with Crippen molar-refractivity contribution in [1.82, 2.24) is 9.97 Å². The Morgan fingerprint density at radius 3 is 2.71 bits per heavy atom. The molecule has 0 aliphatic rings. The predicted octanol–water partition coefficient (Wildman–Crippen LogP) is 4.40. The van der Waals surface area contributed by atoms with Gasteiger partial charge in [-0.2, -0.15) is 0 Å². The number of aromatic nitrogens is 2. The topological polar surface area (TPSA) is 68.0 Å². The number of carbonyl (C=O) groups is 1. The van der Waals surface area contributed by atoms with Crippen molar-refractivity contribution in [2.75, 3.05) is 5.32 Å². The molecular weight excluding hydrogens is 322 g/mol. The molecule has 0 unspecified atom stereocenters. The predicted molar refractivity (Wildman–Crippen MR) is 93.5 cm³/mol. The van der Waals surface area contributed by atoms with Gasteiger partial charge in [0.05, 0.1) is 11.8 Å². The van der Waals surface area contributed by atoms with Gasteiger partial charge in [0.25, 0.3) is 5.91 Å². The Labute approximate surface area is 144 Å². The van der Waals surface area contributed by atoms with Crippen LogP contribution in [0, 0.1) is 20.8 Å². The first-order chi connectivity index (χ1) is 11.5. The number of oxazole rings is 1. The summed E-state index contributed by atoms with van der Waals surface area (Å²) in [6.45, 7) is 5.88. The summed E-state index contributed by atoms with van der Waals surface area (Å²) in [5, 5.41) is 3.30. The van der Waals surface area contributed by atoms with Crippen LogP contribution >= 0.6 is 11.8 Å². The van der Waals surface area contributed by atoms with Crippen molar-refractivity contribution in [3.05, 3.63) is 65.2 Å². The number of amides is 1. The molecule has 1 amide bonds. The molecule has 0 atom stereocenters. The molecule has 0 fully saturated rings. The average Bonchev–Trinajstić information content (AvgIpc) is 2.95. The fourth-order valence-corrected chi connectivity index (χ4v) is 3.19. The van der Waals surface area contributed by atoms with Crippen LogP contribution in [0.3, 0.4) is 0 Å². The highest BCUT2D eigenvalue weighted by Crippen LogP contribution is 2.31. The lowest BCUT2D eigenvalue weighted by molar-refractivity contribution is 0.102. The van der Waals surface area contributed by atoms with Crippen molar-refractivity contribution >= 4 is 23.7 Å². The molecule has 122 valence electrons. The van der Waals surface area contributed by atoms with Crippen molar-refractivity contribution in [2.24, 2.45) is 0 Å². The van der Waals surface area contributed by atoms with Gasteiger partial charge in [-0.15, -0.1) is 0 Å². The van der Waals surface area contributed by atoms with E-state index in [4.69, 9.17) is 4.42 Å². The Kier molecular flexibility index (Phi) is 4.66. The minimum absolute atomic E-state index is 0.184. The van der Waals surface area contributed by atoms with E-state index in [1.807, 2.05) is 19.1 Å². The maximum absolute atomic E-state index is 12.5. The largest absolute Gasteiger partial charge is 0.429 e. The molecule has 0 spiro atoms. The van der Waals surface area contributed by atoms with Crippen LogP contribution in [0.15, 0.2) is 57.1 Å². The first-order valence-electron chi connectivity index (χ1n) is 7.47. The van der Waals surface area contributed by atoms with E-state index in [1.54, 1.807) is 31.5 Å². The summed E-state index contributed by atoms with van der Waals surface area (Å²) < 4.78 is 5.30. The maximum atomic E-state index is 12.5. The van der Waals surface area contributed by atoms with E-state index in [1.165, 1.54) is 17.3 Å². The van der Waals surface area contributed by atoms with Gasteiger partial charge in [-0.3, -0.25) is 10.1 Å². The summed E-state index contributed by atoms with van der Waals surface area (Å²) in [7, 11) is 0. The first kappa shape index (κ1) is 16.3. The lowest BCUT2D eigenvalue weighted by atomic mass is 10.2. The molecule has 0 aliphatic heterocycles. The minimum Gasteiger partial charge on any atom is -0.429 e. The van der Waals surface area contributed by atoms with Gasteiger partial charge in [0.15, 0.2) is 0 Å². The van der Waals surface area contributed by atoms with Gasteiger partial charge < -0.3 is 4.42 Å². The van der Waals surface area contributed by atoms with Gasteiger partial charge in [-0.1, -0.05) is 29.5 Å². The van der Waals surface area contributed by atoms with Gasteiger partial charge in [-0.25, -0.2) is 9.97 Å². The zero-order valence-electron chi connectivity index (χ0n) is 13.7. The molecule has 6 heteroatoms. The number of hydrogen-bond donors (Lipinski definition) is 1. The molecule has 0 bridgehead atoms. The van der Waals surface area contributed by atoms with Crippen LogP contribution < -0.4 is 5.32 Å². The summed E-state index contributed by atoms with van der Waals surface area (Å²) in [5.41, 5.74) is 2.84. The maximum Gasteiger partial charge on any atom is 0.301 e. The Hall–Kier alpha value is -2.60. The standard InChI is InChI=1S/C18H17N3O2S/c1-11-6-7-15(12(2)9-11)24-17-14(5-4-8-19-17)16(22)21-18-20-10-13(3)23-18/h4-10H,1-3H3,(H,20,21,22). The molecule has 2 aromatic heterocycles. The van der Waals surface area contributed by atoms with Gasteiger partial charge >= 0.3 is 6.01 Å². The molecule has 24 heavy (non-hydrogen) atoms. The Bertz CT molecular complexity index is 889. The monoisotopic (exact) mass is 339 g/mol. The number of aryl methyl sites for hydroxylation is 3. The zero-order chi connectivity index (χ0) is 17.1. The number of nitrogens with one attached hydrogen (secondary N) is 1. The third-order valence-electron chi connectivity index (χ3n) is 3.39. The van der Waals surface area contributed by atoms with Crippen molar-refractivity contribution in [3.63, 3.8) is 0 Å². The van der Waals surface area contributed by atoms with Gasteiger partial charge in [0, 0.05) is 11.1 Å². The van der Waals surface area contributed by atoms with E-state index in [0.717, 1.165) is 10.5 Å². The number of nitrogens with zero attached hydrogens (tertiary/aromatic N) is 2. The molecular formula is C18H17N3O2S. The molecule has 1 aromatic carbocycles.